The molecule has 0 aliphatic carbocycles. The Hall–Kier alpha value is -3.86. The van der Waals surface area contributed by atoms with E-state index in [9.17, 15) is 14.4 Å². The fourth-order valence-corrected chi connectivity index (χ4v) is 3.18. The van der Waals surface area contributed by atoms with Gasteiger partial charge in [0, 0.05) is 29.7 Å². The van der Waals surface area contributed by atoms with Crippen molar-refractivity contribution in [3.8, 4) is 0 Å². The third-order valence-corrected chi connectivity index (χ3v) is 4.83. The molecular weight excluding hydrogens is 406 g/mol. The summed E-state index contributed by atoms with van der Waals surface area (Å²) in [5.41, 5.74) is 6.90. The van der Waals surface area contributed by atoms with Crippen LogP contribution in [0, 0.1) is 0 Å². The standard InChI is InChI=1S/C19H19N7O3S/c1-26-11-21-25-19(26)30-10-16(27)22-13-5-2-4-12(8-13)17(28)23-14-6-3-7-15(9-14)24-18(20)29/h2-9,11H,10H2,1H3,(H,22,27)(H,23,28)(H3,20,24,29). The molecule has 4 amide bonds. The van der Waals surface area contributed by atoms with Gasteiger partial charge in [-0.1, -0.05) is 23.9 Å². The first-order valence-corrected chi connectivity index (χ1v) is 9.74. The Morgan fingerprint density at radius 3 is 2.33 bits per heavy atom. The summed E-state index contributed by atoms with van der Waals surface area (Å²) < 4.78 is 1.72. The van der Waals surface area contributed by atoms with Crippen molar-refractivity contribution < 1.29 is 14.4 Å². The van der Waals surface area contributed by atoms with Crippen molar-refractivity contribution in [2.24, 2.45) is 12.8 Å². The van der Waals surface area contributed by atoms with Gasteiger partial charge in [0.15, 0.2) is 5.16 Å². The van der Waals surface area contributed by atoms with Gasteiger partial charge in [0.1, 0.15) is 6.33 Å². The number of nitrogens with two attached hydrogens (primary N) is 1. The molecule has 3 rings (SSSR count). The summed E-state index contributed by atoms with van der Waals surface area (Å²) in [6.07, 6.45) is 1.56. The molecule has 0 bridgehead atoms. The van der Waals surface area contributed by atoms with Crippen LogP contribution in [0.3, 0.4) is 0 Å². The molecule has 0 saturated heterocycles. The van der Waals surface area contributed by atoms with Gasteiger partial charge in [-0.3, -0.25) is 9.59 Å². The molecule has 0 unspecified atom stereocenters. The van der Waals surface area contributed by atoms with Crippen LogP contribution in [0.5, 0.6) is 0 Å². The first-order chi connectivity index (χ1) is 14.4. The number of nitrogens with one attached hydrogen (secondary N) is 3. The molecule has 154 valence electrons. The lowest BCUT2D eigenvalue weighted by molar-refractivity contribution is -0.113. The zero-order valence-corrected chi connectivity index (χ0v) is 16.8. The smallest absolute Gasteiger partial charge is 0.316 e. The van der Waals surface area contributed by atoms with Crippen LogP contribution in [-0.4, -0.2) is 38.4 Å². The van der Waals surface area contributed by atoms with Gasteiger partial charge in [-0.05, 0) is 36.4 Å². The van der Waals surface area contributed by atoms with Crippen LogP contribution in [0.15, 0.2) is 60.0 Å². The Kier molecular flexibility index (Phi) is 6.65. The predicted octanol–water partition coefficient (Wildman–Crippen LogP) is 2.29. The lowest BCUT2D eigenvalue weighted by Gasteiger charge is -2.09. The number of urea groups is 1. The number of anilines is 3. The molecule has 30 heavy (non-hydrogen) atoms. The number of hydrogen-bond donors (Lipinski definition) is 4. The zero-order valence-electron chi connectivity index (χ0n) is 16.0. The Morgan fingerprint density at radius 1 is 1.00 bits per heavy atom. The van der Waals surface area contributed by atoms with Crippen LogP contribution in [0.25, 0.3) is 0 Å². The molecule has 0 aliphatic heterocycles. The van der Waals surface area contributed by atoms with Crippen LogP contribution in [0.4, 0.5) is 21.9 Å². The third-order valence-electron chi connectivity index (χ3n) is 3.80. The lowest BCUT2D eigenvalue weighted by atomic mass is 10.1. The Labute approximate surface area is 176 Å². The molecule has 1 heterocycles. The topological polar surface area (TPSA) is 144 Å². The zero-order chi connectivity index (χ0) is 21.5. The van der Waals surface area contributed by atoms with Gasteiger partial charge in [-0.25, -0.2) is 4.79 Å². The van der Waals surface area contributed by atoms with Gasteiger partial charge in [0.05, 0.1) is 5.75 Å². The van der Waals surface area contributed by atoms with E-state index in [1.807, 2.05) is 0 Å². The van der Waals surface area contributed by atoms with Crippen molar-refractivity contribution in [1.82, 2.24) is 14.8 Å². The number of aryl methyl sites for hydroxylation is 1. The monoisotopic (exact) mass is 425 g/mol. The molecule has 0 spiro atoms. The SMILES string of the molecule is Cn1cnnc1SCC(=O)Nc1cccc(C(=O)Nc2cccc(NC(N)=O)c2)c1. The van der Waals surface area contributed by atoms with Crippen LogP contribution < -0.4 is 21.7 Å². The third kappa shape index (κ3) is 5.82. The van der Waals surface area contributed by atoms with Crippen LogP contribution in [-0.2, 0) is 11.8 Å². The minimum absolute atomic E-state index is 0.155. The van der Waals surface area contributed by atoms with E-state index in [0.29, 0.717) is 27.8 Å². The minimum Gasteiger partial charge on any atom is -0.351 e. The van der Waals surface area contributed by atoms with E-state index in [-0.39, 0.29) is 17.6 Å². The van der Waals surface area contributed by atoms with Crippen molar-refractivity contribution in [2.75, 3.05) is 21.7 Å². The molecular formula is C19H19N7O3S. The number of carbonyl (C=O) groups is 3. The molecule has 2 aromatic carbocycles. The molecule has 0 radical (unpaired) electrons. The summed E-state index contributed by atoms with van der Waals surface area (Å²) in [6.45, 7) is 0. The van der Waals surface area contributed by atoms with Gasteiger partial charge in [-0.2, -0.15) is 0 Å². The maximum absolute atomic E-state index is 12.5. The molecule has 3 aromatic rings. The summed E-state index contributed by atoms with van der Waals surface area (Å²) >= 11 is 1.26. The summed E-state index contributed by atoms with van der Waals surface area (Å²) in [5.74, 6) is -0.440. The maximum Gasteiger partial charge on any atom is 0.316 e. The number of amides is 4. The highest BCUT2D eigenvalue weighted by atomic mass is 32.2. The largest absolute Gasteiger partial charge is 0.351 e. The summed E-state index contributed by atoms with van der Waals surface area (Å²) in [7, 11) is 1.79. The van der Waals surface area contributed by atoms with E-state index in [2.05, 4.69) is 26.1 Å². The highest BCUT2D eigenvalue weighted by Crippen LogP contribution is 2.18. The van der Waals surface area contributed by atoms with Crippen LogP contribution in [0.2, 0.25) is 0 Å². The van der Waals surface area contributed by atoms with Gasteiger partial charge in [-0.15, -0.1) is 10.2 Å². The van der Waals surface area contributed by atoms with Crippen LogP contribution in [0.1, 0.15) is 10.4 Å². The van der Waals surface area contributed by atoms with E-state index >= 15 is 0 Å². The molecule has 0 saturated carbocycles. The predicted molar refractivity (Wildman–Crippen MR) is 114 cm³/mol. The number of thioether (sulfide) groups is 1. The average molecular weight is 425 g/mol. The van der Waals surface area contributed by atoms with Crippen molar-refractivity contribution in [2.45, 2.75) is 5.16 Å². The lowest BCUT2D eigenvalue weighted by Crippen LogP contribution is -2.19. The molecule has 11 heteroatoms. The fourth-order valence-electron chi connectivity index (χ4n) is 2.49. The normalized spacial score (nSPS) is 10.3. The molecule has 0 atom stereocenters. The average Bonchev–Trinajstić information content (AvgIpc) is 3.11. The van der Waals surface area contributed by atoms with E-state index in [1.165, 1.54) is 11.8 Å². The number of nitrogens with zero attached hydrogens (tertiary/aromatic N) is 3. The number of carbonyl (C=O) groups excluding carboxylic acids is 3. The second-order valence-electron chi connectivity index (χ2n) is 6.17. The van der Waals surface area contributed by atoms with Crippen molar-refractivity contribution in [3.63, 3.8) is 0 Å². The Bertz CT molecular complexity index is 1080. The molecule has 0 aliphatic rings. The Morgan fingerprint density at radius 2 is 1.67 bits per heavy atom. The number of aromatic nitrogens is 3. The second-order valence-corrected chi connectivity index (χ2v) is 7.11. The number of rotatable bonds is 7. The Balaban J connectivity index is 1.60. The summed E-state index contributed by atoms with van der Waals surface area (Å²) in [5, 5.41) is 16.2. The first kappa shape index (κ1) is 20.9. The molecule has 0 fully saturated rings. The fraction of sp³-hybridized carbons (Fsp3) is 0.105. The highest BCUT2D eigenvalue weighted by Gasteiger charge is 2.11. The number of hydrogen-bond acceptors (Lipinski definition) is 6. The van der Waals surface area contributed by atoms with Crippen LogP contribution >= 0.6 is 11.8 Å². The molecule has 1 aromatic heterocycles. The molecule has 5 N–H and O–H groups in total. The first-order valence-electron chi connectivity index (χ1n) is 8.75. The van der Waals surface area contributed by atoms with E-state index in [0.717, 1.165) is 0 Å². The molecule has 10 nitrogen and oxygen atoms in total. The minimum atomic E-state index is -0.695. The van der Waals surface area contributed by atoms with Crippen molar-refractivity contribution in [3.05, 3.63) is 60.4 Å². The van der Waals surface area contributed by atoms with E-state index in [1.54, 1.807) is 66.5 Å². The highest BCUT2D eigenvalue weighted by molar-refractivity contribution is 7.99. The van der Waals surface area contributed by atoms with Gasteiger partial charge >= 0.3 is 6.03 Å². The number of benzene rings is 2. The van der Waals surface area contributed by atoms with Crippen molar-refractivity contribution >= 4 is 46.7 Å². The maximum atomic E-state index is 12.5. The van der Waals surface area contributed by atoms with Gasteiger partial charge in [0.25, 0.3) is 5.91 Å². The van der Waals surface area contributed by atoms with Crippen molar-refractivity contribution in [1.29, 1.82) is 0 Å². The quantitative estimate of drug-likeness (QED) is 0.428. The van der Waals surface area contributed by atoms with Gasteiger partial charge < -0.3 is 26.3 Å². The summed E-state index contributed by atoms with van der Waals surface area (Å²) in [6, 6.07) is 12.5. The van der Waals surface area contributed by atoms with E-state index < -0.39 is 6.03 Å². The second kappa shape index (κ2) is 9.56. The number of primary amides is 1. The van der Waals surface area contributed by atoms with Gasteiger partial charge in [0.2, 0.25) is 5.91 Å². The summed E-state index contributed by atoms with van der Waals surface area (Å²) in [4.78, 5) is 35.7. The van der Waals surface area contributed by atoms with E-state index in [4.69, 9.17) is 5.73 Å².